The minimum Gasteiger partial charge on any atom is -0.367 e. The predicted octanol–water partition coefficient (Wildman–Crippen LogP) is 2.88. The average molecular weight is 349 g/mol. The summed E-state index contributed by atoms with van der Waals surface area (Å²) in [6, 6.07) is 7.71. The van der Waals surface area contributed by atoms with Crippen LogP contribution >= 0.6 is 11.6 Å². The lowest BCUT2D eigenvalue weighted by atomic mass is 10.1. The Morgan fingerprint density at radius 2 is 2.12 bits per heavy atom. The molecule has 2 heterocycles. The zero-order valence-electron chi connectivity index (χ0n) is 13.5. The number of nitrogens with one attached hydrogen (secondary N) is 1. The molecular formula is C17H18ClFN4O. The van der Waals surface area contributed by atoms with Gasteiger partial charge in [0.15, 0.2) is 0 Å². The average Bonchev–Trinajstić information content (AvgIpc) is 2.53. The second-order valence-corrected chi connectivity index (χ2v) is 6.36. The van der Waals surface area contributed by atoms with Gasteiger partial charge in [0.1, 0.15) is 11.0 Å². The van der Waals surface area contributed by atoms with Crippen LogP contribution in [0.1, 0.15) is 10.4 Å². The third-order valence-electron chi connectivity index (χ3n) is 4.17. The lowest BCUT2D eigenvalue weighted by molar-refractivity contribution is 0.102. The number of aromatic nitrogens is 1. The van der Waals surface area contributed by atoms with Crippen molar-refractivity contribution >= 4 is 28.9 Å². The highest BCUT2D eigenvalue weighted by molar-refractivity contribution is 6.29. The number of likely N-dealkylation sites (tertiary alicyclic amines) is 1. The predicted molar refractivity (Wildman–Crippen MR) is 93.3 cm³/mol. The standard InChI is InChI=1S/C17H18ClFN4O/c1-22-9-13(10-22)23(2)15-8-12(19)3-4-14(15)21-17(24)11-5-6-20-16(18)7-11/h3-8,13H,9-10H2,1-2H3,(H,21,24). The monoisotopic (exact) mass is 348 g/mol. The molecule has 1 amide bonds. The third kappa shape index (κ3) is 3.49. The molecule has 1 saturated heterocycles. The summed E-state index contributed by atoms with van der Waals surface area (Å²) in [6.45, 7) is 1.81. The summed E-state index contributed by atoms with van der Waals surface area (Å²) in [5, 5.41) is 3.08. The molecule has 0 spiro atoms. The van der Waals surface area contributed by atoms with E-state index in [4.69, 9.17) is 11.6 Å². The second-order valence-electron chi connectivity index (χ2n) is 5.97. The molecule has 1 N–H and O–H groups in total. The molecular weight excluding hydrogens is 331 g/mol. The van der Waals surface area contributed by atoms with Crippen molar-refractivity contribution in [1.29, 1.82) is 0 Å². The summed E-state index contributed by atoms with van der Waals surface area (Å²) >= 11 is 5.82. The Hall–Kier alpha value is -2.18. The molecule has 1 aromatic carbocycles. The number of likely N-dealkylation sites (N-methyl/N-ethyl adjacent to an activating group) is 2. The Balaban J connectivity index is 1.84. The quantitative estimate of drug-likeness (QED) is 0.863. The highest BCUT2D eigenvalue weighted by Gasteiger charge is 2.28. The summed E-state index contributed by atoms with van der Waals surface area (Å²) < 4.78 is 13.7. The lowest BCUT2D eigenvalue weighted by Gasteiger charge is -2.43. The van der Waals surface area contributed by atoms with Crippen LogP contribution < -0.4 is 10.2 Å². The Kier molecular flexibility index (Phi) is 4.69. The van der Waals surface area contributed by atoms with E-state index in [1.165, 1.54) is 24.4 Å². The summed E-state index contributed by atoms with van der Waals surface area (Å²) in [5.41, 5.74) is 1.62. The van der Waals surface area contributed by atoms with Crippen LogP contribution in [0, 0.1) is 5.82 Å². The molecule has 0 saturated carbocycles. The van der Waals surface area contributed by atoms with Crippen LogP contribution in [0.5, 0.6) is 0 Å². The van der Waals surface area contributed by atoms with Gasteiger partial charge in [0, 0.05) is 31.9 Å². The number of hydrogen-bond donors (Lipinski definition) is 1. The number of amides is 1. The number of carbonyl (C=O) groups is 1. The van der Waals surface area contributed by atoms with E-state index in [0.717, 1.165) is 13.1 Å². The molecule has 3 rings (SSSR count). The topological polar surface area (TPSA) is 48.5 Å². The fourth-order valence-electron chi connectivity index (χ4n) is 2.75. The number of rotatable bonds is 4. The van der Waals surface area contributed by atoms with Crippen molar-refractivity contribution in [3.63, 3.8) is 0 Å². The van der Waals surface area contributed by atoms with Gasteiger partial charge in [0.05, 0.1) is 17.4 Å². The van der Waals surface area contributed by atoms with Crippen molar-refractivity contribution in [1.82, 2.24) is 9.88 Å². The second kappa shape index (κ2) is 6.75. The number of benzene rings is 1. The van der Waals surface area contributed by atoms with Crippen LogP contribution in [-0.4, -0.2) is 49.0 Å². The fraction of sp³-hybridized carbons (Fsp3) is 0.294. The molecule has 1 aromatic heterocycles. The molecule has 126 valence electrons. The summed E-state index contributed by atoms with van der Waals surface area (Å²) in [6.07, 6.45) is 1.47. The Morgan fingerprint density at radius 3 is 2.79 bits per heavy atom. The van der Waals surface area contributed by atoms with Crippen molar-refractivity contribution in [3.05, 3.63) is 53.1 Å². The highest BCUT2D eigenvalue weighted by atomic mass is 35.5. The smallest absolute Gasteiger partial charge is 0.255 e. The maximum atomic E-state index is 13.7. The van der Waals surface area contributed by atoms with E-state index >= 15 is 0 Å². The normalized spacial score (nSPS) is 15.0. The van der Waals surface area contributed by atoms with Gasteiger partial charge in [0.25, 0.3) is 5.91 Å². The van der Waals surface area contributed by atoms with Crippen LogP contribution in [0.25, 0.3) is 0 Å². The molecule has 0 atom stereocenters. The van der Waals surface area contributed by atoms with Gasteiger partial charge >= 0.3 is 0 Å². The molecule has 0 bridgehead atoms. The summed E-state index contributed by atoms with van der Waals surface area (Å²) in [7, 11) is 3.94. The first-order valence-corrected chi connectivity index (χ1v) is 7.95. The Bertz CT molecular complexity index is 764. The van der Waals surface area contributed by atoms with Gasteiger partial charge in [-0.2, -0.15) is 0 Å². The van der Waals surface area contributed by atoms with E-state index in [1.54, 1.807) is 12.1 Å². The molecule has 24 heavy (non-hydrogen) atoms. The number of carbonyl (C=O) groups excluding carboxylic acids is 1. The number of anilines is 2. The number of hydrogen-bond acceptors (Lipinski definition) is 4. The van der Waals surface area contributed by atoms with Crippen LogP contribution in [0.2, 0.25) is 5.15 Å². The molecule has 2 aromatic rings. The van der Waals surface area contributed by atoms with Crippen molar-refractivity contribution in [2.24, 2.45) is 0 Å². The SMILES string of the molecule is CN1CC(N(C)c2cc(F)ccc2NC(=O)c2ccnc(Cl)c2)C1. The summed E-state index contributed by atoms with van der Waals surface area (Å²) in [5.74, 6) is -0.652. The zero-order valence-corrected chi connectivity index (χ0v) is 14.2. The van der Waals surface area contributed by atoms with Crippen molar-refractivity contribution in [3.8, 4) is 0 Å². The maximum Gasteiger partial charge on any atom is 0.255 e. The van der Waals surface area contributed by atoms with Gasteiger partial charge < -0.3 is 15.1 Å². The third-order valence-corrected chi connectivity index (χ3v) is 4.38. The van der Waals surface area contributed by atoms with E-state index in [-0.39, 0.29) is 16.9 Å². The van der Waals surface area contributed by atoms with Crippen molar-refractivity contribution in [2.45, 2.75) is 6.04 Å². The van der Waals surface area contributed by atoms with E-state index in [0.29, 0.717) is 23.0 Å². The Morgan fingerprint density at radius 1 is 1.38 bits per heavy atom. The maximum absolute atomic E-state index is 13.7. The molecule has 7 heteroatoms. The molecule has 0 radical (unpaired) electrons. The van der Waals surface area contributed by atoms with E-state index in [9.17, 15) is 9.18 Å². The molecule has 0 aliphatic carbocycles. The van der Waals surface area contributed by atoms with Gasteiger partial charge in [-0.25, -0.2) is 9.37 Å². The molecule has 5 nitrogen and oxygen atoms in total. The van der Waals surface area contributed by atoms with Gasteiger partial charge in [-0.3, -0.25) is 4.79 Å². The molecule has 1 aliphatic rings. The first kappa shape index (κ1) is 16.7. The highest BCUT2D eigenvalue weighted by Crippen LogP contribution is 2.30. The minimum atomic E-state index is -0.338. The van der Waals surface area contributed by atoms with Crippen LogP contribution in [0.15, 0.2) is 36.5 Å². The van der Waals surface area contributed by atoms with Gasteiger partial charge in [-0.15, -0.1) is 0 Å². The van der Waals surface area contributed by atoms with Gasteiger partial charge in [0.2, 0.25) is 0 Å². The summed E-state index contributed by atoms with van der Waals surface area (Å²) in [4.78, 5) is 20.4. The van der Waals surface area contributed by atoms with Crippen molar-refractivity contribution < 1.29 is 9.18 Å². The zero-order chi connectivity index (χ0) is 17.3. The number of halogens is 2. The molecule has 1 aliphatic heterocycles. The van der Waals surface area contributed by atoms with E-state index < -0.39 is 0 Å². The van der Waals surface area contributed by atoms with Crippen LogP contribution in [0.4, 0.5) is 15.8 Å². The first-order chi connectivity index (χ1) is 11.4. The van der Waals surface area contributed by atoms with E-state index in [1.807, 2.05) is 19.0 Å². The number of pyridine rings is 1. The lowest BCUT2D eigenvalue weighted by Crippen LogP contribution is -2.56. The van der Waals surface area contributed by atoms with Crippen LogP contribution in [-0.2, 0) is 0 Å². The minimum absolute atomic E-state index is 0.247. The van der Waals surface area contributed by atoms with Crippen molar-refractivity contribution in [2.75, 3.05) is 37.4 Å². The largest absolute Gasteiger partial charge is 0.367 e. The Labute approximate surface area is 145 Å². The van der Waals surface area contributed by atoms with E-state index in [2.05, 4.69) is 15.2 Å². The number of nitrogens with zero attached hydrogens (tertiary/aromatic N) is 3. The van der Waals surface area contributed by atoms with Crippen LogP contribution in [0.3, 0.4) is 0 Å². The van der Waals surface area contributed by atoms with Gasteiger partial charge in [-0.1, -0.05) is 11.6 Å². The fourth-order valence-corrected chi connectivity index (χ4v) is 2.92. The van der Waals surface area contributed by atoms with Gasteiger partial charge in [-0.05, 0) is 37.4 Å². The molecule has 1 fully saturated rings. The molecule has 0 unspecified atom stereocenters. The first-order valence-electron chi connectivity index (χ1n) is 7.58.